The molecule has 2 aromatic rings. The number of carbonyl (C=O) groups excluding carboxylic acids is 2. The van der Waals surface area contributed by atoms with Crippen LogP contribution in [0.15, 0.2) is 48.5 Å². The Labute approximate surface area is 143 Å². The van der Waals surface area contributed by atoms with Gasteiger partial charge in [0.2, 0.25) is 5.91 Å². The number of halogens is 1. The molecule has 0 atom stereocenters. The van der Waals surface area contributed by atoms with Crippen molar-refractivity contribution in [1.82, 2.24) is 0 Å². The minimum atomic E-state index is -0.165. The zero-order chi connectivity index (χ0) is 15.9. The Morgan fingerprint density at radius 2 is 1.68 bits per heavy atom. The summed E-state index contributed by atoms with van der Waals surface area (Å²) in [4.78, 5) is 23.9. The van der Waals surface area contributed by atoms with Crippen molar-refractivity contribution in [2.24, 2.45) is 0 Å². The molecule has 4 nitrogen and oxygen atoms in total. The molecule has 5 heteroatoms. The van der Waals surface area contributed by atoms with Crippen molar-refractivity contribution in [3.63, 3.8) is 0 Å². The summed E-state index contributed by atoms with van der Waals surface area (Å²) >= 11 is 2.13. The highest BCUT2D eigenvalue weighted by Gasteiger charge is 2.10. The molecule has 2 amide bonds. The van der Waals surface area contributed by atoms with Crippen LogP contribution in [0.5, 0.6) is 0 Å². The minimum Gasteiger partial charge on any atom is -0.326 e. The molecule has 0 aliphatic rings. The zero-order valence-electron chi connectivity index (χ0n) is 12.2. The van der Waals surface area contributed by atoms with E-state index in [9.17, 15) is 9.59 Å². The van der Waals surface area contributed by atoms with Crippen LogP contribution in [0.2, 0.25) is 0 Å². The molecule has 114 valence electrons. The first-order valence-electron chi connectivity index (χ1n) is 7.06. The SMILES string of the molecule is CCCC(=O)Nc1cccc(NC(=O)c2ccccc2I)c1. The van der Waals surface area contributed by atoms with E-state index in [0.29, 0.717) is 23.4 Å². The molecule has 0 unspecified atom stereocenters. The molecule has 0 aliphatic carbocycles. The smallest absolute Gasteiger partial charge is 0.256 e. The topological polar surface area (TPSA) is 58.2 Å². The first-order chi connectivity index (χ1) is 10.6. The highest BCUT2D eigenvalue weighted by Crippen LogP contribution is 2.18. The molecule has 2 N–H and O–H groups in total. The van der Waals surface area contributed by atoms with Crippen LogP contribution in [0.25, 0.3) is 0 Å². The Morgan fingerprint density at radius 1 is 1.00 bits per heavy atom. The lowest BCUT2D eigenvalue weighted by Gasteiger charge is -2.09. The average molecular weight is 408 g/mol. The Balaban J connectivity index is 2.09. The van der Waals surface area contributed by atoms with Crippen molar-refractivity contribution in [2.75, 3.05) is 10.6 Å². The van der Waals surface area contributed by atoms with Crippen LogP contribution in [0, 0.1) is 3.57 Å². The lowest BCUT2D eigenvalue weighted by Crippen LogP contribution is -2.14. The van der Waals surface area contributed by atoms with Crippen molar-refractivity contribution in [3.05, 3.63) is 57.7 Å². The predicted octanol–water partition coefficient (Wildman–Crippen LogP) is 4.28. The number of nitrogens with one attached hydrogen (secondary N) is 2. The van der Waals surface area contributed by atoms with Crippen LogP contribution in [0.1, 0.15) is 30.1 Å². The van der Waals surface area contributed by atoms with Gasteiger partial charge in [-0.3, -0.25) is 9.59 Å². The summed E-state index contributed by atoms with van der Waals surface area (Å²) in [6.45, 7) is 1.96. The molecule has 0 saturated carbocycles. The normalized spacial score (nSPS) is 10.1. The number of anilines is 2. The van der Waals surface area contributed by atoms with Gasteiger partial charge in [0.25, 0.3) is 5.91 Å². The fraction of sp³-hybridized carbons (Fsp3) is 0.176. The van der Waals surface area contributed by atoms with Crippen LogP contribution >= 0.6 is 22.6 Å². The Kier molecular flexibility index (Phi) is 5.94. The van der Waals surface area contributed by atoms with E-state index in [0.717, 1.165) is 9.99 Å². The number of hydrogen-bond acceptors (Lipinski definition) is 2. The van der Waals surface area contributed by atoms with Crippen LogP contribution < -0.4 is 10.6 Å². The third kappa shape index (κ3) is 4.56. The molecule has 0 radical (unpaired) electrons. The highest BCUT2D eigenvalue weighted by atomic mass is 127. The second-order valence-corrected chi connectivity index (χ2v) is 5.98. The van der Waals surface area contributed by atoms with E-state index < -0.39 is 0 Å². The number of amides is 2. The maximum absolute atomic E-state index is 12.3. The predicted molar refractivity (Wildman–Crippen MR) is 97.1 cm³/mol. The van der Waals surface area contributed by atoms with Gasteiger partial charge >= 0.3 is 0 Å². The van der Waals surface area contributed by atoms with Gasteiger partial charge in [-0.2, -0.15) is 0 Å². The van der Waals surface area contributed by atoms with Gasteiger partial charge in [0.05, 0.1) is 5.56 Å². The highest BCUT2D eigenvalue weighted by molar-refractivity contribution is 14.1. The van der Waals surface area contributed by atoms with Gasteiger partial charge in [0.15, 0.2) is 0 Å². The van der Waals surface area contributed by atoms with E-state index in [1.807, 2.05) is 25.1 Å². The fourth-order valence-electron chi connectivity index (χ4n) is 1.97. The molecule has 0 spiro atoms. The standard InChI is InChI=1S/C17H17IN2O2/c1-2-6-16(21)19-12-7-5-8-13(11-12)20-17(22)14-9-3-4-10-15(14)18/h3-5,7-11H,2,6H2,1H3,(H,19,21)(H,20,22). The Hall–Kier alpha value is -1.89. The van der Waals surface area contributed by atoms with Crippen molar-refractivity contribution in [2.45, 2.75) is 19.8 Å². The van der Waals surface area contributed by atoms with E-state index in [-0.39, 0.29) is 11.8 Å². The van der Waals surface area contributed by atoms with Crippen molar-refractivity contribution in [1.29, 1.82) is 0 Å². The second-order valence-electron chi connectivity index (χ2n) is 4.81. The number of rotatable bonds is 5. The monoisotopic (exact) mass is 408 g/mol. The second kappa shape index (κ2) is 7.93. The van der Waals surface area contributed by atoms with Crippen molar-refractivity contribution < 1.29 is 9.59 Å². The van der Waals surface area contributed by atoms with Gasteiger partial charge in [-0.15, -0.1) is 0 Å². The van der Waals surface area contributed by atoms with E-state index in [2.05, 4.69) is 33.2 Å². The summed E-state index contributed by atoms with van der Waals surface area (Å²) in [5.41, 5.74) is 1.96. The van der Waals surface area contributed by atoms with Crippen LogP contribution in [-0.2, 0) is 4.79 Å². The number of carbonyl (C=O) groups is 2. The molecule has 0 heterocycles. The lowest BCUT2D eigenvalue weighted by molar-refractivity contribution is -0.116. The lowest BCUT2D eigenvalue weighted by atomic mass is 10.2. The molecular formula is C17H17IN2O2. The third-order valence-electron chi connectivity index (χ3n) is 3.00. The summed E-state index contributed by atoms with van der Waals surface area (Å²) in [5, 5.41) is 5.67. The van der Waals surface area contributed by atoms with Crippen molar-refractivity contribution in [3.8, 4) is 0 Å². The van der Waals surface area contributed by atoms with Crippen LogP contribution in [0.3, 0.4) is 0 Å². The average Bonchev–Trinajstić information content (AvgIpc) is 2.48. The third-order valence-corrected chi connectivity index (χ3v) is 3.94. The van der Waals surface area contributed by atoms with Gasteiger partial charge in [0.1, 0.15) is 0 Å². The van der Waals surface area contributed by atoms with Crippen LogP contribution in [0.4, 0.5) is 11.4 Å². The van der Waals surface area contributed by atoms with Gasteiger partial charge in [-0.25, -0.2) is 0 Å². The quantitative estimate of drug-likeness (QED) is 0.726. The molecule has 0 aliphatic heterocycles. The molecular weight excluding hydrogens is 391 g/mol. The summed E-state index contributed by atoms with van der Waals surface area (Å²) in [7, 11) is 0. The van der Waals surface area contributed by atoms with E-state index in [1.165, 1.54) is 0 Å². The first kappa shape index (κ1) is 16.5. The van der Waals surface area contributed by atoms with Gasteiger partial charge in [-0.05, 0) is 59.3 Å². The van der Waals surface area contributed by atoms with E-state index >= 15 is 0 Å². The number of benzene rings is 2. The summed E-state index contributed by atoms with van der Waals surface area (Å²) in [6.07, 6.45) is 1.29. The maximum atomic E-state index is 12.3. The molecule has 0 bridgehead atoms. The van der Waals surface area contributed by atoms with Crippen molar-refractivity contribution >= 4 is 45.8 Å². The molecule has 2 aromatic carbocycles. The zero-order valence-corrected chi connectivity index (χ0v) is 14.4. The molecule has 0 fully saturated rings. The van der Waals surface area contributed by atoms with Crippen LogP contribution in [-0.4, -0.2) is 11.8 Å². The van der Waals surface area contributed by atoms with Gasteiger partial charge in [-0.1, -0.05) is 25.1 Å². The Bertz CT molecular complexity index is 686. The first-order valence-corrected chi connectivity index (χ1v) is 8.14. The molecule has 2 rings (SSSR count). The molecule has 0 aromatic heterocycles. The minimum absolute atomic E-state index is 0.0245. The number of hydrogen-bond donors (Lipinski definition) is 2. The Morgan fingerprint density at radius 3 is 2.36 bits per heavy atom. The van der Waals surface area contributed by atoms with Gasteiger partial charge < -0.3 is 10.6 Å². The molecule has 22 heavy (non-hydrogen) atoms. The summed E-state index contributed by atoms with van der Waals surface area (Å²) < 4.78 is 0.894. The largest absolute Gasteiger partial charge is 0.326 e. The van der Waals surface area contributed by atoms with Gasteiger partial charge in [0, 0.05) is 21.4 Å². The molecule has 0 saturated heterocycles. The summed E-state index contributed by atoms with van der Waals surface area (Å²) in [6, 6.07) is 14.5. The van der Waals surface area contributed by atoms with E-state index in [1.54, 1.807) is 30.3 Å². The summed E-state index contributed by atoms with van der Waals surface area (Å²) in [5.74, 6) is -0.189. The fourth-order valence-corrected chi connectivity index (χ4v) is 2.60. The maximum Gasteiger partial charge on any atom is 0.256 e. The van der Waals surface area contributed by atoms with E-state index in [4.69, 9.17) is 0 Å².